The SMILES string of the molecule is COc1cccc2c1OC(c1ccc(OC)c(OC)c1C(=O)O)N1N=C(c3ccc4ccccc4c3)CC21. The number of carboxylic acids is 1. The second-order valence-electron chi connectivity index (χ2n) is 9.13. The van der Waals surface area contributed by atoms with Crippen molar-refractivity contribution in [3.05, 3.63) is 95.1 Å². The summed E-state index contributed by atoms with van der Waals surface area (Å²) in [5, 5.41) is 19.4. The fourth-order valence-electron chi connectivity index (χ4n) is 5.36. The van der Waals surface area contributed by atoms with E-state index in [9.17, 15) is 9.90 Å². The number of ether oxygens (including phenoxy) is 4. The first kappa shape index (κ1) is 23.7. The van der Waals surface area contributed by atoms with Gasteiger partial charge in [-0.2, -0.15) is 5.10 Å². The first-order valence-corrected chi connectivity index (χ1v) is 12.2. The molecule has 0 radical (unpaired) electrons. The molecule has 1 N–H and O–H groups in total. The van der Waals surface area contributed by atoms with Crippen molar-refractivity contribution >= 4 is 22.5 Å². The molecular formula is C30H26N2O6. The summed E-state index contributed by atoms with van der Waals surface area (Å²) in [5.74, 6) is 0.438. The van der Waals surface area contributed by atoms with E-state index in [2.05, 4.69) is 30.3 Å². The minimum Gasteiger partial charge on any atom is -0.493 e. The molecule has 192 valence electrons. The van der Waals surface area contributed by atoms with Gasteiger partial charge < -0.3 is 24.1 Å². The van der Waals surface area contributed by atoms with Crippen molar-refractivity contribution in [2.45, 2.75) is 18.7 Å². The summed E-state index contributed by atoms with van der Waals surface area (Å²) in [4.78, 5) is 12.5. The molecule has 0 fully saturated rings. The van der Waals surface area contributed by atoms with Crippen LogP contribution < -0.4 is 18.9 Å². The van der Waals surface area contributed by atoms with E-state index in [1.54, 1.807) is 19.2 Å². The summed E-state index contributed by atoms with van der Waals surface area (Å²) in [6, 6.07) is 23.4. The van der Waals surface area contributed by atoms with Crippen LogP contribution in [0.15, 0.2) is 77.9 Å². The molecule has 6 rings (SSSR count). The maximum atomic E-state index is 12.5. The number of fused-ring (bicyclic) bond motifs is 4. The minimum atomic E-state index is -1.15. The number of aromatic carboxylic acids is 1. The highest BCUT2D eigenvalue weighted by atomic mass is 16.5. The molecule has 0 saturated heterocycles. The Morgan fingerprint density at radius 1 is 0.895 bits per heavy atom. The lowest BCUT2D eigenvalue weighted by atomic mass is 9.94. The Morgan fingerprint density at radius 3 is 2.42 bits per heavy atom. The molecule has 0 aliphatic carbocycles. The summed E-state index contributed by atoms with van der Waals surface area (Å²) < 4.78 is 23.0. The lowest BCUT2D eigenvalue weighted by molar-refractivity contribution is -0.0217. The smallest absolute Gasteiger partial charge is 0.340 e. The van der Waals surface area contributed by atoms with Gasteiger partial charge >= 0.3 is 5.97 Å². The van der Waals surface area contributed by atoms with E-state index >= 15 is 0 Å². The molecule has 8 nitrogen and oxygen atoms in total. The van der Waals surface area contributed by atoms with Crippen LogP contribution in [0.25, 0.3) is 10.8 Å². The van der Waals surface area contributed by atoms with E-state index in [-0.39, 0.29) is 17.4 Å². The number of para-hydroxylation sites is 1. The Hall–Kier alpha value is -4.72. The topological polar surface area (TPSA) is 89.8 Å². The van der Waals surface area contributed by atoms with Crippen molar-refractivity contribution in [1.29, 1.82) is 0 Å². The highest BCUT2D eigenvalue weighted by Crippen LogP contribution is 2.52. The molecule has 4 aromatic carbocycles. The lowest BCUT2D eigenvalue weighted by Crippen LogP contribution is -2.35. The molecule has 0 aromatic heterocycles. The van der Waals surface area contributed by atoms with Gasteiger partial charge in [-0.15, -0.1) is 0 Å². The molecule has 8 heteroatoms. The molecular weight excluding hydrogens is 484 g/mol. The van der Waals surface area contributed by atoms with E-state index in [1.807, 2.05) is 35.3 Å². The molecule has 2 heterocycles. The van der Waals surface area contributed by atoms with E-state index in [0.29, 0.717) is 29.2 Å². The van der Waals surface area contributed by atoms with Gasteiger partial charge in [0.15, 0.2) is 23.0 Å². The number of hydrazone groups is 1. The number of carbonyl (C=O) groups is 1. The van der Waals surface area contributed by atoms with Crippen molar-refractivity contribution in [3.63, 3.8) is 0 Å². The third kappa shape index (κ3) is 3.68. The monoisotopic (exact) mass is 510 g/mol. The zero-order valence-electron chi connectivity index (χ0n) is 21.2. The molecule has 0 bridgehead atoms. The van der Waals surface area contributed by atoms with Gasteiger partial charge in [0.05, 0.1) is 33.1 Å². The molecule has 38 heavy (non-hydrogen) atoms. The predicted octanol–water partition coefficient (Wildman–Crippen LogP) is 5.81. The van der Waals surface area contributed by atoms with Crippen LogP contribution in [-0.2, 0) is 0 Å². The molecule has 2 unspecified atom stereocenters. The number of hydrogen-bond acceptors (Lipinski definition) is 7. The summed E-state index contributed by atoms with van der Waals surface area (Å²) in [7, 11) is 4.48. The van der Waals surface area contributed by atoms with Gasteiger partial charge in [-0.1, -0.05) is 48.5 Å². The standard InChI is InChI=1S/C30H26N2O6/c1-35-24-10-6-9-20-23-16-22(19-12-11-17-7-4-5-8-18(17)15-19)31-32(23)29(38-27(20)24)21-13-14-25(36-2)28(37-3)26(21)30(33)34/h4-15,23,29H,16H2,1-3H3,(H,33,34). The average molecular weight is 511 g/mol. The Balaban J connectivity index is 1.53. The molecule has 2 aliphatic rings. The Morgan fingerprint density at radius 2 is 1.68 bits per heavy atom. The Bertz CT molecular complexity index is 1600. The summed E-state index contributed by atoms with van der Waals surface area (Å²) >= 11 is 0. The van der Waals surface area contributed by atoms with E-state index < -0.39 is 12.2 Å². The number of nitrogens with zero attached hydrogens (tertiary/aromatic N) is 2. The van der Waals surface area contributed by atoms with Crippen LogP contribution in [0.4, 0.5) is 0 Å². The molecule has 0 saturated carbocycles. The van der Waals surface area contributed by atoms with Crippen LogP contribution in [0, 0.1) is 0 Å². The third-order valence-corrected chi connectivity index (χ3v) is 7.14. The fraction of sp³-hybridized carbons (Fsp3) is 0.200. The normalized spacial score (nSPS) is 17.8. The van der Waals surface area contributed by atoms with Crippen LogP contribution >= 0.6 is 0 Å². The number of rotatable bonds is 6. The maximum absolute atomic E-state index is 12.5. The van der Waals surface area contributed by atoms with Crippen molar-refractivity contribution < 1.29 is 28.8 Å². The zero-order chi connectivity index (χ0) is 26.4. The minimum absolute atomic E-state index is 0.0386. The molecule has 2 aliphatic heterocycles. The quantitative estimate of drug-likeness (QED) is 0.350. The van der Waals surface area contributed by atoms with Crippen molar-refractivity contribution in [1.82, 2.24) is 5.01 Å². The van der Waals surface area contributed by atoms with Gasteiger partial charge in [-0.05, 0) is 40.6 Å². The molecule has 2 atom stereocenters. The first-order valence-electron chi connectivity index (χ1n) is 12.2. The van der Waals surface area contributed by atoms with Gasteiger partial charge in [0.1, 0.15) is 5.56 Å². The van der Waals surface area contributed by atoms with Crippen LogP contribution in [-0.4, -0.2) is 43.1 Å². The highest BCUT2D eigenvalue weighted by molar-refractivity contribution is 6.04. The van der Waals surface area contributed by atoms with Crippen LogP contribution in [0.3, 0.4) is 0 Å². The number of methoxy groups -OCH3 is 3. The van der Waals surface area contributed by atoms with Gasteiger partial charge in [-0.3, -0.25) is 0 Å². The van der Waals surface area contributed by atoms with Crippen molar-refractivity contribution in [3.8, 4) is 23.0 Å². The Kier molecular flexibility index (Phi) is 5.79. The molecule has 0 spiro atoms. The molecule has 4 aromatic rings. The molecule has 0 amide bonds. The largest absolute Gasteiger partial charge is 0.493 e. The summed E-state index contributed by atoms with van der Waals surface area (Å²) in [5.41, 5.74) is 3.19. The van der Waals surface area contributed by atoms with Gasteiger partial charge in [0.25, 0.3) is 0 Å². The zero-order valence-corrected chi connectivity index (χ0v) is 21.2. The highest BCUT2D eigenvalue weighted by Gasteiger charge is 2.44. The first-order chi connectivity index (χ1) is 18.5. The Labute approximate surface area is 219 Å². The van der Waals surface area contributed by atoms with E-state index in [0.717, 1.165) is 27.6 Å². The maximum Gasteiger partial charge on any atom is 0.340 e. The van der Waals surface area contributed by atoms with Crippen molar-refractivity contribution in [2.75, 3.05) is 21.3 Å². The van der Waals surface area contributed by atoms with Gasteiger partial charge in [0.2, 0.25) is 6.23 Å². The van der Waals surface area contributed by atoms with E-state index in [1.165, 1.54) is 14.2 Å². The average Bonchev–Trinajstić information content (AvgIpc) is 3.41. The number of hydrogen-bond donors (Lipinski definition) is 1. The van der Waals surface area contributed by atoms with Gasteiger partial charge in [-0.25, -0.2) is 9.80 Å². The number of benzene rings is 4. The van der Waals surface area contributed by atoms with Crippen LogP contribution in [0.2, 0.25) is 0 Å². The van der Waals surface area contributed by atoms with E-state index in [4.69, 9.17) is 24.0 Å². The third-order valence-electron chi connectivity index (χ3n) is 7.14. The summed E-state index contributed by atoms with van der Waals surface area (Å²) in [6.07, 6.45) is -0.221. The predicted molar refractivity (Wildman–Crippen MR) is 143 cm³/mol. The number of carboxylic acid groups (broad SMARTS) is 1. The van der Waals surface area contributed by atoms with Crippen molar-refractivity contribution in [2.24, 2.45) is 5.10 Å². The fourth-order valence-corrected chi connectivity index (χ4v) is 5.36. The van der Waals surface area contributed by atoms with Gasteiger partial charge in [0, 0.05) is 17.5 Å². The van der Waals surface area contributed by atoms with Crippen LogP contribution in [0.1, 0.15) is 45.7 Å². The second kappa shape index (κ2) is 9.30. The summed E-state index contributed by atoms with van der Waals surface area (Å²) in [6.45, 7) is 0. The second-order valence-corrected chi connectivity index (χ2v) is 9.13. The lowest BCUT2D eigenvalue weighted by Gasteiger charge is -2.39. The van der Waals surface area contributed by atoms with Crippen LogP contribution in [0.5, 0.6) is 23.0 Å².